The minimum absolute atomic E-state index is 0.836. The highest BCUT2D eigenvalue weighted by Gasteiger charge is 2.14. The number of phosphoric acid groups is 1. The van der Waals surface area contributed by atoms with Crippen molar-refractivity contribution in [2.75, 3.05) is 13.9 Å². The fraction of sp³-hybridized carbons (Fsp3) is 0.667. The van der Waals surface area contributed by atoms with Crippen molar-refractivity contribution in [3.05, 3.63) is 0 Å². The van der Waals surface area contributed by atoms with Gasteiger partial charge in [-0.1, -0.05) is 0 Å². The molecule has 0 spiro atoms. The summed E-state index contributed by atoms with van der Waals surface area (Å²) in [6, 6.07) is 0. The summed E-state index contributed by atoms with van der Waals surface area (Å²) in [5.74, 6) is 0. The highest BCUT2D eigenvalue weighted by Crippen LogP contribution is 2.35. The van der Waals surface area contributed by atoms with Gasteiger partial charge in [-0.3, -0.25) is 0 Å². The zero-order valence-corrected chi connectivity index (χ0v) is 6.48. The second-order valence-electron chi connectivity index (χ2n) is 1.34. The minimum Gasteiger partial charge on any atom is -0.438 e. The maximum Gasteiger partial charge on any atom is 0.510 e. The van der Waals surface area contributed by atoms with E-state index in [-0.39, 0.29) is 0 Å². The Morgan fingerprint density at radius 2 is 2.09 bits per heavy atom. The molecular formula is C3H7O7P. The average Bonchev–Trinajstić information content (AvgIpc) is 1.85. The van der Waals surface area contributed by atoms with Gasteiger partial charge in [-0.2, -0.15) is 0 Å². The van der Waals surface area contributed by atoms with E-state index in [0.717, 1.165) is 7.11 Å². The molecule has 0 saturated carbocycles. The summed E-state index contributed by atoms with van der Waals surface area (Å²) < 4.78 is 21.6. The molecule has 0 amide bonds. The summed E-state index contributed by atoms with van der Waals surface area (Å²) in [6.45, 7) is -0.836. The van der Waals surface area contributed by atoms with Gasteiger partial charge in [0, 0.05) is 0 Å². The fourth-order valence-electron chi connectivity index (χ4n) is 0.202. The number of hydrogen-bond donors (Lipinski definition) is 2. The van der Waals surface area contributed by atoms with Crippen molar-refractivity contribution in [2.24, 2.45) is 0 Å². The Bertz CT molecular complexity index is 171. The number of methoxy groups -OCH3 is 1. The molecule has 11 heavy (non-hydrogen) atoms. The second kappa shape index (κ2) is 4.30. The Balaban J connectivity index is 3.43. The molecule has 0 aliphatic rings. The topological polar surface area (TPSA) is 102 Å². The van der Waals surface area contributed by atoms with Crippen molar-refractivity contribution in [3.8, 4) is 0 Å². The van der Waals surface area contributed by atoms with Crippen LogP contribution in [0.4, 0.5) is 4.79 Å². The van der Waals surface area contributed by atoms with Crippen molar-refractivity contribution in [1.82, 2.24) is 0 Å². The summed E-state index contributed by atoms with van der Waals surface area (Å²) in [4.78, 5) is 26.2. The van der Waals surface area contributed by atoms with E-state index in [1.54, 1.807) is 0 Å². The van der Waals surface area contributed by atoms with Gasteiger partial charge in [-0.25, -0.2) is 13.9 Å². The van der Waals surface area contributed by atoms with Crippen LogP contribution in [0.5, 0.6) is 0 Å². The van der Waals surface area contributed by atoms with Crippen LogP contribution >= 0.6 is 7.82 Å². The van der Waals surface area contributed by atoms with Gasteiger partial charge in [0.2, 0.25) is 6.79 Å². The van der Waals surface area contributed by atoms with E-state index in [1.165, 1.54) is 0 Å². The smallest absolute Gasteiger partial charge is 0.438 e. The summed E-state index contributed by atoms with van der Waals surface area (Å²) in [7, 11) is -3.51. The van der Waals surface area contributed by atoms with Crippen molar-refractivity contribution in [3.63, 3.8) is 0 Å². The van der Waals surface area contributed by atoms with Crippen molar-refractivity contribution < 1.29 is 33.1 Å². The Labute approximate surface area is 62.1 Å². The van der Waals surface area contributed by atoms with Crippen molar-refractivity contribution >= 4 is 14.0 Å². The number of ether oxygens (including phenoxy) is 2. The maximum absolute atomic E-state index is 10.1. The van der Waals surface area contributed by atoms with E-state index >= 15 is 0 Å². The molecule has 0 aliphatic carbocycles. The van der Waals surface area contributed by atoms with Gasteiger partial charge >= 0.3 is 14.0 Å². The van der Waals surface area contributed by atoms with Crippen LogP contribution in [0.25, 0.3) is 0 Å². The molecule has 7 nitrogen and oxygen atoms in total. The Morgan fingerprint density at radius 3 is 2.45 bits per heavy atom. The average molecular weight is 186 g/mol. The Kier molecular flexibility index (Phi) is 4.06. The predicted octanol–water partition coefficient (Wildman–Crippen LogP) is -0.164. The summed E-state index contributed by atoms with van der Waals surface area (Å²) >= 11 is 0. The summed E-state index contributed by atoms with van der Waals surface area (Å²) in [5.41, 5.74) is 0. The van der Waals surface area contributed by atoms with Crippen molar-refractivity contribution in [2.45, 2.75) is 0 Å². The Morgan fingerprint density at radius 1 is 1.55 bits per heavy atom. The van der Waals surface area contributed by atoms with Crippen LogP contribution in [-0.2, 0) is 18.6 Å². The molecular weight excluding hydrogens is 179 g/mol. The van der Waals surface area contributed by atoms with Crippen LogP contribution in [0.1, 0.15) is 0 Å². The second-order valence-corrected chi connectivity index (χ2v) is 2.58. The SMILES string of the molecule is COC(=O)OCOP(=O)(O)O. The molecule has 0 radical (unpaired) electrons. The molecule has 66 valence electrons. The van der Waals surface area contributed by atoms with E-state index < -0.39 is 20.8 Å². The maximum atomic E-state index is 10.1. The van der Waals surface area contributed by atoms with Crippen LogP contribution in [0, 0.1) is 0 Å². The van der Waals surface area contributed by atoms with Gasteiger partial charge in [-0.05, 0) is 0 Å². The molecule has 0 atom stereocenters. The molecule has 0 heterocycles. The van der Waals surface area contributed by atoms with Crippen LogP contribution in [0.15, 0.2) is 0 Å². The number of carbonyl (C=O) groups excluding carboxylic acids is 1. The molecule has 0 fully saturated rings. The lowest BCUT2D eigenvalue weighted by Crippen LogP contribution is -2.06. The van der Waals surface area contributed by atoms with Crippen LogP contribution in [0.3, 0.4) is 0 Å². The first-order valence-electron chi connectivity index (χ1n) is 2.36. The summed E-state index contributed by atoms with van der Waals surface area (Å²) in [5, 5.41) is 0. The zero-order chi connectivity index (χ0) is 8.91. The molecule has 0 aromatic heterocycles. The Hall–Kier alpha value is -0.620. The van der Waals surface area contributed by atoms with E-state index in [4.69, 9.17) is 9.79 Å². The van der Waals surface area contributed by atoms with Gasteiger partial charge in [0.1, 0.15) is 0 Å². The molecule has 0 rings (SSSR count). The molecule has 2 N–H and O–H groups in total. The van der Waals surface area contributed by atoms with Crippen LogP contribution in [-0.4, -0.2) is 29.8 Å². The first kappa shape index (κ1) is 10.4. The van der Waals surface area contributed by atoms with Crippen molar-refractivity contribution in [1.29, 1.82) is 0 Å². The van der Waals surface area contributed by atoms with Gasteiger partial charge in [-0.15, -0.1) is 0 Å². The molecule has 0 aliphatic heterocycles. The third-order valence-electron chi connectivity index (χ3n) is 0.564. The highest BCUT2D eigenvalue weighted by atomic mass is 31.2. The molecule has 0 saturated heterocycles. The van der Waals surface area contributed by atoms with Gasteiger partial charge in [0.25, 0.3) is 0 Å². The fourth-order valence-corrected chi connectivity index (χ4v) is 0.392. The molecule has 0 aromatic carbocycles. The number of rotatable bonds is 3. The monoisotopic (exact) mass is 186 g/mol. The lowest BCUT2D eigenvalue weighted by Gasteiger charge is -2.04. The quantitative estimate of drug-likeness (QED) is 0.358. The van der Waals surface area contributed by atoms with E-state index in [9.17, 15) is 9.36 Å². The van der Waals surface area contributed by atoms with Gasteiger partial charge in [0.15, 0.2) is 0 Å². The highest BCUT2D eigenvalue weighted by molar-refractivity contribution is 7.46. The molecule has 8 heteroatoms. The zero-order valence-electron chi connectivity index (χ0n) is 5.59. The van der Waals surface area contributed by atoms with E-state index in [0.29, 0.717) is 0 Å². The van der Waals surface area contributed by atoms with Crippen LogP contribution in [0.2, 0.25) is 0 Å². The predicted molar refractivity (Wildman–Crippen MR) is 31.5 cm³/mol. The van der Waals surface area contributed by atoms with Gasteiger partial charge < -0.3 is 19.3 Å². The third-order valence-corrected chi connectivity index (χ3v) is 1.01. The van der Waals surface area contributed by atoms with Gasteiger partial charge in [0.05, 0.1) is 7.11 Å². The standard InChI is InChI=1S/C3H7O7P/c1-8-3(4)9-2-10-11(5,6)7/h2H2,1H3,(H2,5,6,7). The first-order chi connectivity index (χ1) is 4.95. The number of carbonyl (C=O) groups is 1. The minimum atomic E-state index is -4.57. The number of hydrogen-bond acceptors (Lipinski definition) is 5. The third kappa shape index (κ3) is 7.27. The lowest BCUT2D eigenvalue weighted by molar-refractivity contribution is 0.00343. The van der Waals surface area contributed by atoms with E-state index in [1.807, 2.05) is 0 Å². The van der Waals surface area contributed by atoms with Crippen LogP contribution < -0.4 is 0 Å². The first-order valence-corrected chi connectivity index (χ1v) is 3.89. The normalized spacial score (nSPS) is 10.8. The molecule has 0 bridgehead atoms. The molecule has 0 unspecified atom stereocenters. The lowest BCUT2D eigenvalue weighted by atomic mass is 11.3. The van der Waals surface area contributed by atoms with E-state index in [2.05, 4.69) is 14.0 Å². The largest absolute Gasteiger partial charge is 0.510 e. The number of phosphoric ester groups is 1. The molecule has 0 aromatic rings. The summed E-state index contributed by atoms with van der Waals surface area (Å²) in [6.07, 6.45) is -1.07.